The van der Waals surface area contributed by atoms with Crippen LogP contribution in [0.2, 0.25) is 0 Å². The average molecular weight is 282 g/mol. The molecule has 3 nitrogen and oxygen atoms in total. The summed E-state index contributed by atoms with van der Waals surface area (Å²) in [5.41, 5.74) is 6.48. The fourth-order valence-corrected chi connectivity index (χ4v) is 2.63. The highest BCUT2D eigenvalue weighted by atomic mass is 19.2. The first-order valence-electron chi connectivity index (χ1n) is 7.02. The quantitative estimate of drug-likeness (QED) is 0.889. The van der Waals surface area contributed by atoms with E-state index in [1.54, 1.807) is 0 Å². The molecule has 110 valence electrons. The van der Waals surface area contributed by atoms with E-state index in [1.165, 1.54) is 6.07 Å². The molecule has 0 heterocycles. The van der Waals surface area contributed by atoms with Crippen LogP contribution < -0.4 is 11.1 Å². The molecule has 0 aromatic heterocycles. The largest absolute Gasteiger partial charge is 0.355 e. The van der Waals surface area contributed by atoms with E-state index in [2.05, 4.69) is 5.32 Å². The Balaban J connectivity index is 1.81. The number of rotatable bonds is 4. The minimum absolute atomic E-state index is 0.0547. The maximum atomic E-state index is 13.0. The van der Waals surface area contributed by atoms with Gasteiger partial charge in [-0.3, -0.25) is 4.79 Å². The predicted molar refractivity (Wildman–Crippen MR) is 73.0 cm³/mol. The molecule has 0 saturated heterocycles. The zero-order chi connectivity index (χ0) is 14.5. The molecule has 3 N–H and O–H groups in total. The summed E-state index contributed by atoms with van der Waals surface area (Å²) >= 11 is 0. The Hall–Kier alpha value is -1.49. The molecule has 1 aliphatic carbocycles. The highest BCUT2D eigenvalue weighted by Crippen LogP contribution is 2.22. The lowest BCUT2D eigenvalue weighted by Gasteiger charge is -2.28. The van der Waals surface area contributed by atoms with E-state index in [9.17, 15) is 13.6 Å². The number of amides is 1. The van der Waals surface area contributed by atoms with Crippen LogP contribution in [0.3, 0.4) is 0 Å². The van der Waals surface area contributed by atoms with Crippen molar-refractivity contribution in [3.63, 3.8) is 0 Å². The lowest BCUT2D eigenvalue weighted by atomic mass is 9.85. The van der Waals surface area contributed by atoms with Crippen molar-refractivity contribution in [1.29, 1.82) is 0 Å². The minimum Gasteiger partial charge on any atom is -0.355 e. The van der Waals surface area contributed by atoms with Gasteiger partial charge in [0.2, 0.25) is 5.91 Å². The van der Waals surface area contributed by atoms with Gasteiger partial charge in [0, 0.05) is 12.6 Å². The van der Waals surface area contributed by atoms with E-state index < -0.39 is 11.6 Å². The monoisotopic (exact) mass is 282 g/mol. The molecule has 1 amide bonds. The zero-order valence-electron chi connectivity index (χ0n) is 11.4. The van der Waals surface area contributed by atoms with Gasteiger partial charge in [-0.2, -0.15) is 0 Å². The SMILES string of the molecule is NC1CCCCC1CNC(=O)Cc1ccc(F)c(F)c1. The summed E-state index contributed by atoms with van der Waals surface area (Å²) < 4.78 is 25.8. The first-order chi connectivity index (χ1) is 9.56. The van der Waals surface area contributed by atoms with Crippen LogP contribution in [0.15, 0.2) is 18.2 Å². The van der Waals surface area contributed by atoms with Gasteiger partial charge in [0.05, 0.1) is 6.42 Å². The molecule has 0 radical (unpaired) electrons. The van der Waals surface area contributed by atoms with Crippen LogP contribution >= 0.6 is 0 Å². The minimum atomic E-state index is -0.926. The Morgan fingerprint density at radius 3 is 2.70 bits per heavy atom. The normalized spacial score (nSPS) is 22.6. The molecule has 1 saturated carbocycles. The topological polar surface area (TPSA) is 55.1 Å². The summed E-state index contributed by atoms with van der Waals surface area (Å²) in [4.78, 5) is 11.8. The molecule has 20 heavy (non-hydrogen) atoms. The Morgan fingerprint density at radius 2 is 2.00 bits per heavy atom. The second kappa shape index (κ2) is 6.79. The molecule has 1 aromatic carbocycles. The number of halogens is 2. The van der Waals surface area contributed by atoms with Crippen molar-refractivity contribution in [3.05, 3.63) is 35.4 Å². The summed E-state index contributed by atoms with van der Waals surface area (Å²) in [5, 5.41) is 2.83. The van der Waals surface area contributed by atoms with E-state index in [1.807, 2.05) is 0 Å². The summed E-state index contributed by atoms with van der Waals surface area (Å²) in [6.07, 6.45) is 4.40. The number of hydrogen-bond donors (Lipinski definition) is 2. The second-order valence-electron chi connectivity index (χ2n) is 5.44. The van der Waals surface area contributed by atoms with Crippen molar-refractivity contribution in [2.45, 2.75) is 38.1 Å². The highest BCUT2D eigenvalue weighted by Gasteiger charge is 2.22. The third kappa shape index (κ3) is 4.00. The zero-order valence-corrected chi connectivity index (χ0v) is 11.4. The van der Waals surface area contributed by atoms with Crippen molar-refractivity contribution in [3.8, 4) is 0 Å². The lowest BCUT2D eigenvalue weighted by Crippen LogP contribution is -2.41. The van der Waals surface area contributed by atoms with Gasteiger partial charge in [0.15, 0.2) is 11.6 Å². The maximum Gasteiger partial charge on any atom is 0.224 e. The van der Waals surface area contributed by atoms with Gasteiger partial charge in [-0.1, -0.05) is 18.9 Å². The lowest BCUT2D eigenvalue weighted by molar-refractivity contribution is -0.120. The Kier molecular flexibility index (Phi) is 5.06. The average Bonchev–Trinajstić information content (AvgIpc) is 2.42. The van der Waals surface area contributed by atoms with E-state index in [4.69, 9.17) is 5.73 Å². The standard InChI is InChI=1S/C15H20F2N2O/c16-12-6-5-10(7-13(12)17)8-15(20)19-9-11-3-1-2-4-14(11)18/h5-7,11,14H,1-4,8-9,18H2,(H,19,20). The van der Waals surface area contributed by atoms with Crippen LogP contribution in [0.5, 0.6) is 0 Å². The fraction of sp³-hybridized carbons (Fsp3) is 0.533. The van der Waals surface area contributed by atoms with Crippen LogP contribution in [0.4, 0.5) is 8.78 Å². The molecule has 0 spiro atoms. The molecule has 1 aliphatic rings. The predicted octanol–water partition coefficient (Wildman–Crippen LogP) is 2.14. The number of carbonyl (C=O) groups is 1. The molecule has 2 unspecified atom stereocenters. The second-order valence-corrected chi connectivity index (χ2v) is 5.44. The molecule has 5 heteroatoms. The third-order valence-corrected chi connectivity index (χ3v) is 3.88. The van der Waals surface area contributed by atoms with Crippen LogP contribution in [0.1, 0.15) is 31.2 Å². The van der Waals surface area contributed by atoms with Crippen LogP contribution in [0.25, 0.3) is 0 Å². The van der Waals surface area contributed by atoms with Crippen molar-refractivity contribution in [2.24, 2.45) is 11.7 Å². The molecule has 0 bridgehead atoms. The van der Waals surface area contributed by atoms with Gasteiger partial charge in [0.1, 0.15) is 0 Å². The molecule has 1 fully saturated rings. The van der Waals surface area contributed by atoms with Crippen LogP contribution in [-0.4, -0.2) is 18.5 Å². The molecular formula is C15H20F2N2O. The van der Waals surface area contributed by atoms with Crippen molar-refractivity contribution in [2.75, 3.05) is 6.54 Å². The molecule has 1 aromatic rings. The molecular weight excluding hydrogens is 262 g/mol. The van der Waals surface area contributed by atoms with Gasteiger partial charge in [-0.05, 0) is 36.5 Å². The molecule has 2 rings (SSSR count). The number of carbonyl (C=O) groups excluding carboxylic acids is 1. The maximum absolute atomic E-state index is 13.0. The number of nitrogens with two attached hydrogens (primary N) is 1. The first kappa shape index (κ1) is 14.9. The van der Waals surface area contributed by atoms with Crippen molar-refractivity contribution >= 4 is 5.91 Å². The first-order valence-corrected chi connectivity index (χ1v) is 7.02. The van der Waals surface area contributed by atoms with Gasteiger partial charge >= 0.3 is 0 Å². The van der Waals surface area contributed by atoms with E-state index in [0.29, 0.717) is 18.0 Å². The van der Waals surface area contributed by atoms with Gasteiger partial charge in [0.25, 0.3) is 0 Å². The summed E-state index contributed by atoms with van der Waals surface area (Å²) in [6.45, 7) is 0.559. The van der Waals surface area contributed by atoms with E-state index in [0.717, 1.165) is 37.8 Å². The third-order valence-electron chi connectivity index (χ3n) is 3.88. The Labute approximate surface area is 117 Å². The van der Waals surface area contributed by atoms with Crippen molar-refractivity contribution < 1.29 is 13.6 Å². The van der Waals surface area contributed by atoms with Crippen LogP contribution in [-0.2, 0) is 11.2 Å². The van der Waals surface area contributed by atoms with Gasteiger partial charge < -0.3 is 11.1 Å². The van der Waals surface area contributed by atoms with E-state index >= 15 is 0 Å². The summed E-state index contributed by atoms with van der Waals surface area (Å²) in [5.74, 6) is -1.70. The smallest absolute Gasteiger partial charge is 0.224 e. The van der Waals surface area contributed by atoms with Crippen molar-refractivity contribution in [1.82, 2.24) is 5.32 Å². The van der Waals surface area contributed by atoms with E-state index in [-0.39, 0.29) is 18.4 Å². The highest BCUT2D eigenvalue weighted by molar-refractivity contribution is 5.78. The Bertz CT molecular complexity index is 479. The number of hydrogen-bond acceptors (Lipinski definition) is 2. The fourth-order valence-electron chi connectivity index (χ4n) is 2.63. The molecule has 0 aliphatic heterocycles. The molecule has 2 atom stereocenters. The van der Waals surface area contributed by atoms with Crippen LogP contribution in [0, 0.1) is 17.6 Å². The summed E-state index contributed by atoms with van der Waals surface area (Å²) in [7, 11) is 0. The summed E-state index contributed by atoms with van der Waals surface area (Å²) in [6, 6.07) is 3.66. The van der Waals surface area contributed by atoms with Gasteiger partial charge in [-0.25, -0.2) is 8.78 Å². The Morgan fingerprint density at radius 1 is 1.25 bits per heavy atom. The number of benzene rings is 1. The number of nitrogens with one attached hydrogen (secondary N) is 1. The van der Waals surface area contributed by atoms with Gasteiger partial charge in [-0.15, -0.1) is 0 Å².